The van der Waals surface area contributed by atoms with E-state index in [1.165, 1.54) is 0 Å². The maximum Gasteiger partial charge on any atom is 0.253 e. The fourth-order valence-corrected chi connectivity index (χ4v) is 1.45. The third-order valence-electron chi connectivity index (χ3n) is 2.93. The number of nitrogen functional groups attached to an aromatic ring is 1. The second kappa shape index (κ2) is 6.25. The molecule has 17 heavy (non-hydrogen) atoms. The minimum absolute atomic E-state index is 0.103. The van der Waals surface area contributed by atoms with Crippen molar-refractivity contribution in [1.29, 1.82) is 0 Å². The molecule has 94 valence electrons. The van der Waals surface area contributed by atoms with E-state index in [1.807, 2.05) is 26.2 Å². The van der Waals surface area contributed by atoms with Crippen LogP contribution in [-0.4, -0.2) is 37.5 Å². The molecule has 1 amide bonds. The molecule has 3 N–H and O–H groups in total. The van der Waals surface area contributed by atoms with Gasteiger partial charge in [0.25, 0.3) is 5.91 Å². The monoisotopic (exact) mass is 235 g/mol. The van der Waals surface area contributed by atoms with E-state index in [0.717, 1.165) is 6.42 Å². The third-order valence-corrected chi connectivity index (χ3v) is 2.93. The van der Waals surface area contributed by atoms with Crippen molar-refractivity contribution in [2.75, 3.05) is 26.4 Å². The molecule has 0 spiro atoms. The number of rotatable bonds is 5. The van der Waals surface area contributed by atoms with Crippen molar-refractivity contribution in [1.82, 2.24) is 10.2 Å². The van der Waals surface area contributed by atoms with Crippen LogP contribution in [0, 0.1) is 0 Å². The molecule has 0 radical (unpaired) electrons. The molecule has 0 fully saturated rings. The minimum Gasteiger partial charge on any atom is -0.398 e. The number of benzene rings is 1. The predicted molar refractivity (Wildman–Crippen MR) is 71.0 cm³/mol. The van der Waals surface area contributed by atoms with E-state index in [9.17, 15) is 4.79 Å². The van der Waals surface area contributed by atoms with Crippen LogP contribution in [0.2, 0.25) is 0 Å². The quantitative estimate of drug-likeness (QED) is 0.757. The highest BCUT2D eigenvalue weighted by atomic mass is 16.1. The Morgan fingerprint density at radius 3 is 2.65 bits per heavy atom. The molecule has 0 aliphatic carbocycles. The molecule has 0 saturated heterocycles. The summed E-state index contributed by atoms with van der Waals surface area (Å²) in [7, 11) is 4.06. The van der Waals surface area contributed by atoms with Crippen LogP contribution < -0.4 is 11.1 Å². The van der Waals surface area contributed by atoms with Crippen molar-refractivity contribution >= 4 is 11.6 Å². The summed E-state index contributed by atoms with van der Waals surface area (Å²) < 4.78 is 0. The molecule has 0 aliphatic heterocycles. The van der Waals surface area contributed by atoms with Crippen LogP contribution in [-0.2, 0) is 0 Å². The average Bonchev–Trinajstić information content (AvgIpc) is 2.29. The van der Waals surface area contributed by atoms with Gasteiger partial charge in [0, 0.05) is 18.3 Å². The molecule has 0 aromatic heterocycles. The van der Waals surface area contributed by atoms with Gasteiger partial charge in [0.15, 0.2) is 0 Å². The summed E-state index contributed by atoms with van der Waals surface area (Å²) in [6.45, 7) is 2.79. The molecule has 0 bridgehead atoms. The number of nitrogens with zero attached hydrogens (tertiary/aromatic N) is 1. The van der Waals surface area contributed by atoms with Crippen LogP contribution in [0.4, 0.5) is 5.69 Å². The summed E-state index contributed by atoms with van der Waals surface area (Å²) in [5.41, 5.74) is 6.80. The number of amides is 1. The van der Waals surface area contributed by atoms with E-state index in [-0.39, 0.29) is 5.91 Å². The van der Waals surface area contributed by atoms with E-state index >= 15 is 0 Å². The lowest BCUT2D eigenvalue weighted by atomic mass is 10.1. The standard InChI is InChI=1S/C13H21N3O/c1-10(16(2)3)8-9-15-13(17)11-6-4-5-7-12(11)14/h4-7,10H,8-9,14H2,1-3H3,(H,15,17). The first-order valence-corrected chi connectivity index (χ1v) is 5.81. The highest BCUT2D eigenvalue weighted by molar-refractivity contribution is 5.98. The Morgan fingerprint density at radius 1 is 1.41 bits per heavy atom. The highest BCUT2D eigenvalue weighted by Gasteiger charge is 2.09. The number of hydrogen-bond acceptors (Lipinski definition) is 3. The molecule has 0 heterocycles. The normalized spacial score (nSPS) is 12.5. The van der Waals surface area contributed by atoms with Crippen molar-refractivity contribution in [2.45, 2.75) is 19.4 Å². The van der Waals surface area contributed by atoms with E-state index in [1.54, 1.807) is 12.1 Å². The molecule has 1 aromatic rings. The van der Waals surface area contributed by atoms with Gasteiger partial charge < -0.3 is 16.0 Å². The number of nitrogens with one attached hydrogen (secondary N) is 1. The molecule has 0 aliphatic rings. The summed E-state index contributed by atoms with van der Waals surface area (Å²) >= 11 is 0. The van der Waals surface area contributed by atoms with Crippen molar-refractivity contribution in [3.63, 3.8) is 0 Å². The SMILES string of the molecule is CC(CCNC(=O)c1ccccc1N)N(C)C. The van der Waals surface area contributed by atoms with Crippen molar-refractivity contribution in [2.24, 2.45) is 0 Å². The zero-order chi connectivity index (χ0) is 12.8. The number of carbonyl (C=O) groups is 1. The molecule has 1 rings (SSSR count). The van der Waals surface area contributed by atoms with Crippen LogP contribution >= 0.6 is 0 Å². The summed E-state index contributed by atoms with van der Waals surface area (Å²) in [6.07, 6.45) is 0.922. The van der Waals surface area contributed by atoms with Crippen LogP contribution in [0.25, 0.3) is 0 Å². The first-order chi connectivity index (χ1) is 8.02. The smallest absolute Gasteiger partial charge is 0.253 e. The maximum absolute atomic E-state index is 11.8. The highest BCUT2D eigenvalue weighted by Crippen LogP contribution is 2.09. The van der Waals surface area contributed by atoms with Gasteiger partial charge in [-0.05, 0) is 39.6 Å². The van der Waals surface area contributed by atoms with E-state index in [4.69, 9.17) is 5.73 Å². The van der Waals surface area contributed by atoms with Gasteiger partial charge >= 0.3 is 0 Å². The molecule has 0 saturated carbocycles. The lowest BCUT2D eigenvalue weighted by Crippen LogP contribution is -2.32. The minimum atomic E-state index is -0.103. The van der Waals surface area contributed by atoms with Gasteiger partial charge in [0.05, 0.1) is 5.56 Å². The Bertz CT molecular complexity index is 377. The summed E-state index contributed by atoms with van der Waals surface area (Å²) in [4.78, 5) is 13.9. The Balaban J connectivity index is 2.43. The van der Waals surface area contributed by atoms with Crippen LogP contribution in [0.3, 0.4) is 0 Å². The molecule has 4 heteroatoms. The summed E-state index contributed by atoms with van der Waals surface area (Å²) in [5, 5.41) is 2.88. The zero-order valence-corrected chi connectivity index (χ0v) is 10.7. The lowest BCUT2D eigenvalue weighted by Gasteiger charge is -2.19. The van der Waals surface area contributed by atoms with Crippen LogP contribution in [0.15, 0.2) is 24.3 Å². The largest absolute Gasteiger partial charge is 0.398 e. The van der Waals surface area contributed by atoms with Gasteiger partial charge in [-0.1, -0.05) is 12.1 Å². The molecular weight excluding hydrogens is 214 g/mol. The van der Waals surface area contributed by atoms with Gasteiger partial charge in [-0.2, -0.15) is 0 Å². The Kier molecular flexibility index (Phi) is 4.97. The zero-order valence-electron chi connectivity index (χ0n) is 10.7. The van der Waals surface area contributed by atoms with Crippen molar-refractivity contribution in [3.8, 4) is 0 Å². The van der Waals surface area contributed by atoms with Crippen LogP contribution in [0.1, 0.15) is 23.7 Å². The van der Waals surface area contributed by atoms with Gasteiger partial charge in [-0.3, -0.25) is 4.79 Å². The number of para-hydroxylation sites is 1. The molecule has 4 nitrogen and oxygen atoms in total. The second-order valence-corrected chi connectivity index (χ2v) is 4.44. The number of nitrogens with two attached hydrogens (primary N) is 1. The summed E-state index contributed by atoms with van der Waals surface area (Å²) in [6, 6.07) is 7.55. The number of hydrogen-bond donors (Lipinski definition) is 2. The first-order valence-electron chi connectivity index (χ1n) is 5.81. The Morgan fingerprint density at radius 2 is 2.06 bits per heavy atom. The van der Waals surface area contributed by atoms with E-state index in [2.05, 4.69) is 17.1 Å². The maximum atomic E-state index is 11.8. The van der Waals surface area contributed by atoms with Crippen LogP contribution in [0.5, 0.6) is 0 Å². The van der Waals surface area contributed by atoms with E-state index < -0.39 is 0 Å². The van der Waals surface area contributed by atoms with Gasteiger partial charge in [-0.25, -0.2) is 0 Å². The summed E-state index contributed by atoms with van der Waals surface area (Å²) in [5.74, 6) is -0.103. The predicted octanol–water partition coefficient (Wildman–Crippen LogP) is 1.34. The molecule has 1 unspecified atom stereocenters. The van der Waals surface area contributed by atoms with Crippen molar-refractivity contribution in [3.05, 3.63) is 29.8 Å². The van der Waals surface area contributed by atoms with Gasteiger partial charge in [0.1, 0.15) is 0 Å². The third kappa shape index (κ3) is 4.07. The van der Waals surface area contributed by atoms with Gasteiger partial charge in [0.2, 0.25) is 0 Å². The fraction of sp³-hybridized carbons (Fsp3) is 0.462. The average molecular weight is 235 g/mol. The number of carbonyl (C=O) groups excluding carboxylic acids is 1. The van der Waals surface area contributed by atoms with Crippen molar-refractivity contribution < 1.29 is 4.79 Å². The molecule has 1 atom stereocenters. The Labute approximate surface area is 103 Å². The lowest BCUT2D eigenvalue weighted by molar-refractivity contribution is 0.0951. The number of anilines is 1. The van der Waals surface area contributed by atoms with Gasteiger partial charge in [-0.15, -0.1) is 0 Å². The topological polar surface area (TPSA) is 58.4 Å². The first kappa shape index (κ1) is 13.5. The van der Waals surface area contributed by atoms with E-state index in [0.29, 0.717) is 23.8 Å². The molecular formula is C13H21N3O. The second-order valence-electron chi connectivity index (χ2n) is 4.44. The fourth-order valence-electron chi connectivity index (χ4n) is 1.45. The molecule has 1 aromatic carbocycles. The Hall–Kier alpha value is -1.55.